The van der Waals surface area contributed by atoms with Crippen LogP contribution in [0.15, 0.2) is 48.5 Å². The van der Waals surface area contributed by atoms with Crippen molar-refractivity contribution < 1.29 is 9.59 Å². The number of carbonyl (C=O) groups excluding carboxylic acids is 2. The van der Waals surface area contributed by atoms with Crippen LogP contribution in [0.4, 0.5) is 0 Å². The van der Waals surface area contributed by atoms with Gasteiger partial charge in [0.25, 0.3) is 0 Å². The Hall–Kier alpha value is -3.16. The smallest absolute Gasteiger partial charge is 0.237 e. The summed E-state index contributed by atoms with van der Waals surface area (Å²) in [4.78, 5) is 32.7. The highest BCUT2D eigenvalue weighted by Gasteiger charge is 2.44. The van der Waals surface area contributed by atoms with Crippen molar-refractivity contribution in [2.75, 3.05) is 13.6 Å². The molecule has 1 unspecified atom stereocenters. The van der Waals surface area contributed by atoms with Crippen molar-refractivity contribution in [3.8, 4) is 0 Å². The number of benzene rings is 2. The summed E-state index contributed by atoms with van der Waals surface area (Å²) in [7, 11) is 1.80. The first-order valence-corrected chi connectivity index (χ1v) is 13.7. The number of para-hydroxylation sites is 1. The zero-order valence-electron chi connectivity index (χ0n) is 21.7. The van der Waals surface area contributed by atoms with Gasteiger partial charge in [-0.05, 0) is 75.3 Å². The number of aromatic nitrogens is 1. The zero-order valence-corrected chi connectivity index (χ0v) is 21.7. The molecule has 0 spiro atoms. The van der Waals surface area contributed by atoms with E-state index < -0.39 is 0 Å². The molecule has 0 bridgehead atoms. The second kappa shape index (κ2) is 9.95. The second-order valence-electron chi connectivity index (χ2n) is 10.9. The van der Waals surface area contributed by atoms with Gasteiger partial charge in [0.1, 0.15) is 0 Å². The SMILES string of the molecule is CN[C@@H](C)C(=O)N[C@H]1Cc2c([nH]c3ccccc23)[C@H]2CCC(C(=O)N[C@@H]3CCCc4ccccc43)N2C1. The Bertz CT molecular complexity index is 1320. The van der Waals surface area contributed by atoms with E-state index in [1.54, 1.807) is 7.05 Å². The van der Waals surface area contributed by atoms with Gasteiger partial charge in [-0.3, -0.25) is 14.5 Å². The number of nitrogens with one attached hydrogen (secondary N) is 4. The monoisotopic (exact) mass is 499 g/mol. The van der Waals surface area contributed by atoms with Crippen LogP contribution in [-0.4, -0.2) is 53.4 Å². The predicted octanol–water partition coefficient (Wildman–Crippen LogP) is 3.52. The lowest BCUT2D eigenvalue weighted by Crippen LogP contribution is -2.52. The fourth-order valence-corrected chi connectivity index (χ4v) is 6.73. The molecule has 3 aliphatic rings. The summed E-state index contributed by atoms with van der Waals surface area (Å²) in [6, 6.07) is 16.6. The molecule has 1 saturated heterocycles. The van der Waals surface area contributed by atoms with Gasteiger partial charge in [-0.25, -0.2) is 0 Å². The zero-order chi connectivity index (χ0) is 25.5. The molecule has 1 aromatic heterocycles. The number of fused-ring (bicyclic) bond motifs is 6. The Labute approximate surface area is 218 Å². The predicted molar refractivity (Wildman–Crippen MR) is 145 cm³/mol. The maximum absolute atomic E-state index is 13.8. The number of hydrogen-bond acceptors (Lipinski definition) is 4. The maximum Gasteiger partial charge on any atom is 0.237 e. The molecule has 7 heteroatoms. The first-order valence-electron chi connectivity index (χ1n) is 13.7. The van der Waals surface area contributed by atoms with Crippen molar-refractivity contribution in [3.63, 3.8) is 0 Å². The van der Waals surface area contributed by atoms with Crippen molar-refractivity contribution >= 4 is 22.7 Å². The number of likely N-dealkylation sites (N-methyl/N-ethyl adjacent to an activating group) is 1. The number of aryl methyl sites for hydroxylation is 1. The van der Waals surface area contributed by atoms with Crippen LogP contribution >= 0.6 is 0 Å². The molecule has 2 aromatic carbocycles. The molecule has 2 amide bonds. The fourth-order valence-electron chi connectivity index (χ4n) is 6.73. The van der Waals surface area contributed by atoms with E-state index in [0.717, 1.165) is 44.0 Å². The molecule has 3 heterocycles. The molecule has 37 heavy (non-hydrogen) atoms. The van der Waals surface area contributed by atoms with Gasteiger partial charge in [0.15, 0.2) is 0 Å². The van der Waals surface area contributed by atoms with E-state index in [0.29, 0.717) is 6.54 Å². The van der Waals surface area contributed by atoms with Crippen LogP contribution < -0.4 is 16.0 Å². The molecule has 1 fully saturated rings. The number of amides is 2. The molecular weight excluding hydrogens is 462 g/mol. The molecular formula is C30H37N5O2. The van der Waals surface area contributed by atoms with Crippen molar-refractivity contribution in [1.29, 1.82) is 0 Å². The van der Waals surface area contributed by atoms with E-state index in [1.165, 1.54) is 27.8 Å². The quantitative estimate of drug-likeness (QED) is 0.433. The molecule has 6 rings (SSSR count). The van der Waals surface area contributed by atoms with Gasteiger partial charge in [0.05, 0.1) is 24.2 Å². The average molecular weight is 500 g/mol. The summed E-state index contributed by atoms with van der Waals surface area (Å²) >= 11 is 0. The Kier molecular flexibility index (Phi) is 6.51. The number of nitrogens with zero attached hydrogens (tertiary/aromatic N) is 1. The second-order valence-corrected chi connectivity index (χ2v) is 10.9. The van der Waals surface area contributed by atoms with Crippen LogP contribution in [0.3, 0.4) is 0 Å². The minimum atomic E-state index is -0.273. The third kappa shape index (κ3) is 4.44. The summed E-state index contributed by atoms with van der Waals surface area (Å²) in [6.45, 7) is 2.53. The average Bonchev–Trinajstić information content (AvgIpc) is 3.46. The first kappa shape index (κ1) is 24.2. The van der Waals surface area contributed by atoms with Crippen LogP contribution in [0.1, 0.15) is 67.1 Å². The molecule has 4 N–H and O–H groups in total. The van der Waals surface area contributed by atoms with Crippen LogP contribution in [0.2, 0.25) is 0 Å². The minimum absolute atomic E-state index is 0.00801. The molecule has 0 saturated carbocycles. The molecule has 7 nitrogen and oxygen atoms in total. The van der Waals surface area contributed by atoms with Crippen molar-refractivity contribution in [2.24, 2.45) is 0 Å². The number of rotatable bonds is 5. The number of aromatic amines is 1. The Morgan fingerprint density at radius 1 is 1.03 bits per heavy atom. The summed E-state index contributed by atoms with van der Waals surface area (Å²) in [5.74, 6) is 0.101. The van der Waals surface area contributed by atoms with Gasteiger partial charge in [-0.1, -0.05) is 42.5 Å². The molecule has 0 radical (unpaired) electrons. The van der Waals surface area contributed by atoms with Gasteiger partial charge in [-0.2, -0.15) is 0 Å². The Morgan fingerprint density at radius 3 is 2.70 bits per heavy atom. The van der Waals surface area contributed by atoms with Gasteiger partial charge >= 0.3 is 0 Å². The number of H-pyrrole nitrogens is 1. The van der Waals surface area contributed by atoms with Crippen molar-refractivity contribution in [2.45, 2.75) is 75.7 Å². The largest absolute Gasteiger partial charge is 0.357 e. The van der Waals surface area contributed by atoms with Crippen molar-refractivity contribution in [3.05, 3.63) is 70.9 Å². The van der Waals surface area contributed by atoms with Gasteiger partial charge in [0, 0.05) is 29.2 Å². The van der Waals surface area contributed by atoms with E-state index in [4.69, 9.17) is 0 Å². The molecule has 1 aliphatic carbocycles. The lowest BCUT2D eigenvalue weighted by atomic mass is 9.87. The third-order valence-corrected chi connectivity index (χ3v) is 8.74. The highest BCUT2D eigenvalue weighted by atomic mass is 16.2. The summed E-state index contributed by atoms with van der Waals surface area (Å²) in [6.07, 6.45) is 5.63. The fraction of sp³-hybridized carbons (Fsp3) is 0.467. The van der Waals surface area contributed by atoms with Crippen LogP contribution in [0.5, 0.6) is 0 Å². The molecule has 2 aliphatic heterocycles. The number of hydrogen-bond donors (Lipinski definition) is 4. The van der Waals surface area contributed by atoms with E-state index >= 15 is 0 Å². The number of carbonyl (C=O) groups is 2. The van der Waals surface area contributed by atoms with E-state index in [1.807, 2.05) is 6.92 Å². The van der Waals surface area contributed by atoms with Crippen molar-refractivity contribution in [1.82, 2.24) is 25.8 Å². The lowest BCUT2D eigenvalue weighted by molar-refractivity contribution is -0.127. The van der Waals surface area contributed by atoms with Crippen LogP contribution in [-0.2, 0) is 22.4 Å². The van der Waals surface area contributed by atoms with Gasteiger partial charge in [-0.15, -0.1) is 0 Å². The third-order valence-electron chi connectivity index (χ3n) is 8.74. The molecule has 3 aromatic rings. The van der Waals surface area contributed by atoms with E-state index in [2.05, 4.69) is 74.4 Å². The lowest BCUT2D eigenvalue weighted by Gasteiger charge is -2.33. The normalized spacial score (nSPS) is 26.0. The van der Waals surface area contributed by atoms with Crippen LogP contribution in [0, 0.1) is 0 Å². The Morgan fingerprint density at radius 2 is 1.84 bits per heavy atom. The highest BCUT2D eigenvalue weighted by Crippen LogP contribution is 2.42. The first-order chi connectivity index (χ1) is 18.0. The maximum atomic E-state index is 13.8. The summed E-state index contributed by atoms with van der Waals surface area (Å²) in [5, 5.41) is 11.0. The highest BCUT2D eigenvalue weighted by molar-refractivity contribution is 5.86. The van der Waals surface area contributed by atoms with Crippen LogP contribution in [0.25, 0.3) is 10.9 Å². The molecule has 194 valence electrons. The van der Waals surface area contributed by atoms with Gasteiger partial charge in [0.2, 0.25) is 11.8 Å². The summed E-state index contributed by atoms with van der Waals surface area (Å²) < 4.78 is 0. The minimum Gasteiger partial charge on any atom is -0.357 e. The van der Waals surface area contributed by atoms with E-state index in [-0.39, 0.29) is 42.0 Å². The van der Waals surface area contributed by atoms with Gasteiger partial charge < -0.3 is 20.9 Å². The van der Waals surface area contributed by atoms with E-state index in [9.17, 15) is 9.59 Å². The molecule has 5 atom stereocenters. The topological polar surface area (TPSA) is 89.3 Å². The standard InChI is InChI=1S/C30H37N5O2/c1-18(31-2)29(36)32-20-16-23-22-11-5-6-12-25(22)33-28(23)26-14-15-27(35(26)17-20)30(37)34-24-13-7-9-19-8-3-4-10-21(19)24/h3-6,8,10-12,18,20,24,26-27,31,33H,7,9,13-17H2,1-2H3,(H,32,36)(H,34,37)/t18-,20-,24+,26+,27?/m0/s1. The Balaban J connectivity index is 1.30. The summed E-state index contributed by atoms with van der Waals surface area (Å²) in [5.41, 5.74) is 6.21.